The van der Waals surface area contributed by atoms with E-state index in [4.69, 9.17) is 15.1 Å². The highest BCUT2D eigenvalue weighted by molar-refractivity contribution is 5.46. The van der Waals surface area contributed by atoms with Gasteiger partial charge >= 0.3 is 0 Å². The first-order chi connectivity index (χ1) is 5.46. The molecular weight excluding hydrogens is 116 g/mol. The molecule has 0 aliphatic carbocycles. The summed E-state index contributed by atoms with van der Waals surface area (Å²) < 4.78 is 21.5. The molecule has 0 fully saturated rings. The first kappa shape index (κ1) is 2.87. The molecule has 0 aliphatic heterocycles. The Morgan fingerprint density at radius 3 is 3.22 bits per heavy atom. The molecule has 0 saturated carbocycles. The Morgan fingerprint density at radius 1 is 2.11 bits per heavy atom. The third-order valence-electron chi connectivity index (χ3n) is 0.927. The molecule has 2 N–H and O–H groups in total. The maximum absolute atomic E-state index is 8.43. The number of nitrogens with zero attached hydrogens (tertiary/aromatic N) is 3. The first-order valence-corrected chi connectivity index (χ1v) is 2.21. The molecular formula is C5H6N4. The number of hydrogen-bond acceptors (Lipinski definition) is 3. The molecule has 0 unspecified atom stereocenters. The molecule has 1 rings (SSSR count). The molecule has 1 heterocycles. The number of anilines is 1. The Kier molecular flexibility index (Phi) is 0.570. The van der Waals surface area contributed by atoms with E-state index in [1.54, 1.807) is 6.07 Å². The van der Waals surface area contributed by atoms with Crippen LogP contribution in [0.2, 0.25) is 0 Å². The van der Waals surface area contributed by atoms with Gasteiger partial charge in [-0.3, -0.25) is 4.68 Å². The van der Waals surface area contributed by atoms with Crippen molar-refractivity contribution in [1.29, 1.82) is 5.26 Å². The van der Waals surface area contributed by atoms with Crippen LogP contribution in [-0.2, 0) is 6.98 Å². The largest absolute Gasteiger partial charge is 0.383 e. The molecule has 46 valence electrons. The summed E-state index contributed by atoms with van der Waals surface area (Å²) in [7, 11) is 0. The highest BCUT2D eigenvalue weighted by Gasteiger charge is 2.00. The van der Waals surface area contributed by atoms with Gasteiger partial charge < -0.3 is 5.73 Å². The minimum atomic E-state index is -2.42. The van der Waals surface area contributed by atoms with Gasteiger partial charge in [-0.2, -0.15) is 10.4 Å². The van der Waals surface area contributed by atoms with Gasteiger partial charge in [0, 0.05) is 11.1 Å². The second kappa shape index (κ2) is 1.78. The average molecular weight is 125 g/mol. The summed E-state index contributed by atoms with van der Waals surface area (Å²) in [5, 5.41) is 11.9. The topological polar surface area (TPSA) is 67.6 Å². The van der Waals surface area contributed by atoms with Gasteiger partial charge in [-0.05, 0) is 0 Å². The van der Waals surface area contributed by atoms with Gasteiger partial charge in [0.15, 0.2) is 0 Å². The fourth-order valence-corrected chi connectivity index (χ4v) is 0.444. The van der Waals surface area contributed by atoms with Crippen molar-refractivity contribution in [2.45, 2.75) is 0 Å². The van der Waals surface area contributed by atoms with Gasteiger partial charge in [0.05, 0.1) is 6.20 Å². The predicted molar refractivity (Wildman–Crippen MR) is 32.3 cm³/mol. The fourth-order valence-electron chi connectivity index (χ4n) is 0.444. The minimum Gasteiger partial charge on any atom is -0.383 e. The van der Waals surface area contributed by atoms with E-state index in [-0.39, 0.29) is 11.4 Å². The van der Waals surface area contributed by atoms with Crippen LogP contribution in [0.5, 0.6) is 0 Å². The van der Waals surface area contributed by atoms with Crippen LogP contribution in [0.1, 0.15) is 9.68 Å². The van der Waals surface area contributed by atoms with E-state index in [0.717, 1.165) is 6.20 Å². The second-order valence-electron chi connectivity index (χ2n) is 1.47. The molecule has 4 nitrogen and oxygen atoms in total. The van der Waals surface area contributed by atoms with Crippen molar-refractivity contribution >= 4 is 5.82 Å². The zero-order chi connectivity index (χ0) is 9.35. The predicted octanol–water partition coefficient (Wildman–Crippen LogP) is -0.126. The molecule has 0 aromatic carbocycles. The van der Waals surface area contributed by atoms with Gasteiger partial charge in [-0.1, -0.05) is 0 Å². The number of rotatable bonds is 0. The quantitative estimate of drug-likeness (QED) is 0.525. The highest BCUT2D eigenvalue weighted by Crippen LogP contribution is 2.05. The molecule has 0 spiro atoms. The molecule has 0 amide bonds. The fraction of sp³-hybridized carbons (Fsp3) is 0.200. The summed E-state index contributed by atoms with van der Waals surface area (Å²) in [6.45, 7) is -2.42. The lowest BCUT2D eigenvalue weighted by molar-refractivity contribution is 0.779. The van der Waals surface area contributed by atoms with Gasteiger partial charge in [-0.15, -0.1) is 0 Å². The molecule has 1 aromatic heterocycles. The SMILES string of the molecule is [2H]C([2H])([2H])n1ncc(C#N)c1N. The van der Waals surface area contributed by atoms with E-state index in [9.17, 15) is 0 Å². The number of hydrogen-bond donors (Lipinski definition) is 1. The van der Waals surface area contributed by atoms with Crippen LogP contribution in [0.25, 0.3) is 0 Å². The van der Waals surface area contributed by atoms with Gasteiger partial charge in [0.2, 0.25) is 0 Å². The molecule has 9 heavy (non-hydrogen) atoms. The van der Waals surface area contributed by atoms with E-state index in [1.807, 2.05) is 0 Å². The van der Waals surface area contributed by atoms with E-state index in [2.05, 4.69) is 5.10 Å². The molecule has 0 atom stereocenters. The Hall–Kier alpha value is -1.50. The second-order valence-corrected chi connectivity index (χ2v) is 1.47. The van der Waals surface area contributed by atoms with Crippen LogP contribution in [0.3, 0.4) is 0 Å². The minimum absolute atomic E-state index is 0.0751. The standard InChI is InChI=1S/C5H6N4/c1-9-5(7)4(2-6)3-8-9/h3H,7H2,1H3/i1D3. The lowest BCUT2D eigenvalue weighted by Gasteiger charge is -1.89. The first-order valence-electron chi connectivity index (χ1n) is 3.71. The van der Waals surface area contributed by atoms with Crippen LogP contribution in [-0.4, -0.2) is 9.78 Å². The van der Waals surface area contributed by atoms with Crippen molar-refractivity contribution in [3.05, 3.63) is 11.8 Å². The molecule has 0 aliphatic rings. The van der Waals surface area contributed by atoms with E-state index in [0.29, 0.717) is 4.68 Å². The van der Waals surface area contributed by atoms with Crippen molar-refractivity contribution in [3.8, 4) is 6.07 Å². The number of aromatic nitrogens is 2. The van der Waals surface area contributed by atoms with Crippen molar-refractivity contribution < 1.29 is 4.11 Å². The molecule has 4 heteroatoms. The summed E-state index contributed by atoms with van der Waals surface area (Å²) in [4.78, 5) is 0. The van der Waals surface area contributed by atoms with Crippen molar-refractivity contribution in [1.82, 2.24) is 9.78 Å². The van der Waals surface area contributed by atoms with Crippen molar-refractivity contribution in [3.63, 3.8) is 0 Å². The van der Waals surface area contributed by atoms with Crippen LogP contribution in [0.15, 0.2) is 6.20 Å². The van der Waals surface area contributed by atoms with Crippen LogP contribution < -0.4 is 5.73 Å². The summed E-state index contributed by atoms with van der Waals surface area (Å²) in [5.41, 5.74) is 5.39. The van der Waals surface area contributed by atoms with Crippen LogP contribution >= 0.6 is 0 Å². The van der Waals surface area contributed by atoms with Crippen LogP contribution in [0.4, 0.5) is 5.82 Å². The van der Waals surface area contributed by atoms with Gasteiger partial charge in [0.25, 0.3) is 0 Å². The normalized spacial score (nSPS) is 15.2. The van der Waals surface area contributed by atoms with Crippen LogP contribution in [0, 0.1) is 11.3 Å². The third kappa shape index (κ3) is 0.722. The zero-order valence-electron chi connectivity index (χ0n) is 7.50. The molecule has 1 aromatic rings. The third-order valence-corrected chi connectivity index (χ3v) is 0.927. The van der Waals surface area contributed by atoms with E-state index < -0.39 is 6.98 Å². The summed E-state index contributed by atoms with van der Waals surface area (Å²) in [6, 6.07) is 1.73. The smallest absolute Gasteiger partial charge is 0.139 e. The number of nitrogens with two attached hydrogens (primary N) is 1. The average Bonchev–Trinajstić information content (AvgIpc) is 2.29. The van der Waals surface area contributed by atoms with Crippen molar-refractivity contribution in [2.75, 3.05) is 5.73 Å². The van der Waals surface area contributed by atoms with Gasteiger partial charge in [0.1, 0.15) is 17.5 Å². The summed E-state index contributed by atoms with van der Waals surface area (Å²) in [5.74, 6) is -0.127. The lowest BCUT2D eigenvalue weighted by atomic mass is 10.4. The summed E-state index contributed by atoms with van der Waals surface area (Å²) >= 11 is 0. The Labute approximate surface area is 56.7 Å². The van der Waals surface area contributed by atoms with E-state index in [1.165, 1.54) is 0 Å². The number of nitrogen functional groups attached to an aromatic ring is 1. The maximum atomic E-state index is 8.43. The monoisotopic (exact) mass is 125 g/mol. The maximum Gasteiger partial charge on any atom is 0.139 e. The van der Waals surface area contributed by atoms with E-state index >= 15 is 0 Å². The summed E-state index contributed by atoms with van der Waals surface area (Å²) in [6.07, 6.45) is 1.13. The zero-order valence-corrected chi connectivity index (χ0v) is 4.50. The Morgan fingerprint density at radius 2 is 2.89 bits per heavy atom. The Bertz CT molecular complexity index is 331. The van der Waals surface area contributed by atoms with Gasteiger partial charge in [-0.25, -0.2) is 0 Å². The Balaban J connectivity index is 3.22. The number of aryl methyl sites for hydroxylation is 1. The molecule has 0 saturated heterocycles. The molecule has 0 bridgehead atoms. The molecule has 0 radical (unpaired) electrons. The van der Waals surface area contributed by atoms with Crippen molar-refractivity contribution in [2.24, 2.45) is 6.98 Å². The number of nitriles is 1. The lowest BCUT2D eigenvalue weighted by Crippen LogP contribution is -1.97. The highest BCUT2D eigenvalue weighted by atomic mass is 15.3.